The number of ether oxygens (including phenoxy) is 2. The molecule has 2 fully saturated rings. The number of carbonyl (C=O) groups excluding carboxylic acids is 1. The average Bonchev–Trinajstić information content (AvgIpc) is 3.35. The maximum atomic E-state index is 14.0. The molecule has 2 aliphatic heterocycles. The van der Waals surface area contributed by atoms with Crippen LogP contribution in [-0.4, -0.2) is 69.0 Å². The fourth-order valence-corrected chi connectivity index (χ4v) is 5.30. The number of amides is 1. The zero-order valence-corrected chi connectivity index (χ0v) is 18.5. The van der Waals surface area contributed by atoms with Crippen LogP contribution in [0.1, 0.15) is 23.2 Å². The molecule has 2 aromatic carbocycles. The Morgan fingerprint density at radius 1 is 1.00 bits per heavy atom. The second-order valence-corrected chi connectivity index (χ2v) is 9.75. The molecule has 0 radical (unpaired) electrons. The molecule has 0 spiro atoms. The quantitative estimate of drug-likeness (QED) is 0.590. The lowest BCUT2D eigenvalue weighted by atomic mass is 10.2. The number of rotatable bonds is 6. The van der Waals surface area contributed by atoms with E-state index in [2.05, 4.69) is 0 Å². The van der Waals surface area contributed by atoms with Crippen LogP contribution in [0.25, 0.3) is 0 Å². The highest BCUT2D eigenvalue weighted by Crippen LogP contribution is 2.24. The average molecular weight is 484 g/mol. The third-order valence-corrected chi connectivity index (χ3v) is 7.62. The van der Waals surface area contributed by atoms with Gasteiger partial charge in [-0.15, -0.1) is 0 Å². The minimum Gasteiger partial charge on any atom is -0.491 e. The van der Waals surface area contributed by atoms with Crippen molar-refractivity contribution in [2.75, 3.05) is 39.4 Å². The summed E-state index contributed by atoms with van der Waals surface area (Å²) in [6, 6.07) is 7.91. The van der Waals surface area contributed by atoms with Crippen molar-refractivity contribution < 1.29 is 35.9 Å². The van der Waals surface area contributed by atoms with Crippen LogP contribution in [0.4, 0.5) is 13.2 Å². The molecular formula is C22H23F3N2O5S. The van der Waals surface area contributed by atoms with E-state index in [9.17, 15) is 26.4 Å². The SMILES string of the molecule is O=C(c1ccc(OCC2CCCO2)cc1)N1CCN(S(=O)(=O)c2ccc(F)c(F)c2F)CC1. The van der Waals surface area contributed by atoms with Gasteiger partial charge < -0.3 is 14.4 Å². The van der Waals surface area contributed by atoms with Crippen molar-refractivity contribution in [3.63, 3.8) is 0 Å². The molecule has 178 valence electrons. The molecule has 2 aromatic rings. The Morgan fingerprint density at radius 3 is 2.33 bits per heavy atom. The van der Waals surface area contributed by atoms with Gasteiger partial charge in [0.1, 0.15) is 17.3 Å². The van der Waals surface area contributed by atoms with Gasteiger partial charge in [0.15, 0.2) is 17.5 Å². The Labute approximate surface area is 189 Å². The first-order chi connectivity index (χ1) is 15.8. The zero-order valence-electron chi connectivity index (χ0n) is 17.7. The monoisotopic (exact) mass is 484 g/mol. The van der Waals surface area contributed by atoms with E-state index in [1.54, 1.807) is 24.3 Å². The van der Waals surface area contributed by atoms with E-state index in [0.29, 0.717) is 30.1 Å². The van der Waals surface area contributed by atoms with E-state index < -0.39 is 32.4 Å². The van der Waals surface area contributed by atoms with Gasteiger partial charge in [-0.25, -0.2) is 21.6 Å². The fourth-order valence-electron chi connectivity index (χ4n) is 3.82. The molecule has 0 N–H and O–H groups in total. The summed E-state index contributed by atoms with van der Waals surface area (Å²) in [7, 11) is -4.38. The molecule has 0 saturated carbocycles. The molecule has 0 bridgehead atoms. The second-order valence-electron chi connectivity index (χ2n) is 7.84. The summed E-state index contributed by atoms with van der Waals surface area (Å²) < 4.78 is 78.2. The molecule has 2 aliphatic rings. The number of halogens is 3. The minimum absolute atomic E-state index is 0.0701. The van der Waals surface area contributed by atoms with Crippen molar-refractivity contribution >= 4 is 15.9 Å². The van der Waals surface area contributed by atoms with Crippen LogP contribution in [0.2, 0.25) is 0 Å². The molecule has 4 rings (SSSR count). The van der Waals surface area contributed by atoms with Gasteiger partial charge in [-0.2, -0.15) is 4.31 Å². The topological polar surface area (TPSA) is 76.2 Å². The highest BCUT2D eigenvalue weighted by atomic mass is 32.2. The van der Waals surface area contributed by atoms with Gasteiger partial charge in [-0.05, 0) is 49.2 Å². The largest absolute Gasteiger partial charge is 0.491 e. The molecule has 0 aliphatic carbocycles. The number of carbonyl (C=O) groups is 1. The predicted molar refractivity (Wildman–Crippen MR) is 112 cm³/mol. The molecule has 2 heterocycles. The molecule has 33 heavy (non-hydrogen) atoms. The van der Waals surface area contributed by atoms with E-state index in [-0.39, 0.29) is 38.2 Å². The molecule has 0 aromatic heterocycles. The first kappa shape index (κ1) is 23.5. The predicted octanol–water partition coefficient (Wildman–Crippen LogP) is 2.81. The lowest BCUT2D eigenvalue weighted by Crippen LogP contribution is -2.50. The van der Waals surface area contributed by atoms with Gasteiger partial charge in [-0.1, -0.05) is 0 Å². The standard InChI is InChI=1S/C22H23F3N2O5S/c23-18-7-8-19(21(25)20(18)24)33(29,30)27-11-9-26(10-12-27)22(28)15-3-5-16(6-4-15)32-14-17-2-1-13-31-17/h3-8,17H,1-2,9-14H2. The molecule has 1 amide bonds. The van der Waals surface area contributed by atoms with E-state index in [4.69, 9.17) is 9.47 Å². The lowest BCUT2D eigenvalue weighted by molar-refractivity contribution is 0.0676. The third-order valence-electron chi connectivity index (χ3n) is 5.70. The van der Waals surface area contributed by atoms with Crippen LogP contribution < -0.4 is 4.74 Å². The lowest BCUT2D eigenvalue weighted by Gasteiger charge is -2.34. The fraction of sp³-hybridized carbons (Fsp3) is 0.409. The third kappa shape index (κ3) is 4.99. The number of hydrogen-bond acceptors (Lipinski definition) is 5. The summed E-state index contributed by atoms with van der Waals surface area (Å²) >= 11 is 0. The Balaban J connectivity index is 1.35. The molecule has 1 atom stereocenters. The molecule has 11 heteroatoms. The first-order valence-corrected chi connectivity index (χ1v) is 12.0. The van der Waals surface area contributed by atoms with Crippen molar-refractivity contribution in [2.24, 2.45) is 0 Å². The van der Waals surface area contributed by atoms with Crippen molar-refractivity contribution in [3.8, 4) is 5.75 Å². The summed E-state index contributed by atoms with van der Waals surface area (Å²) in [4.78, 5) is 13.3. The Kier molecular flexibility index (Phi) is 6.91. The van der Waals surface area contributed by atoms with Crippen molar-refractivity contribution in [2.45, 2.75) is 23.8 Å². The van der Waals surface area contributed by atoms with Gasteiger partial charge in [0.25, 0.3) is 5.91 Å². The Bertz CT molecular complexity index is 1110. The van der Waals surface area contributed by atoms with Gasteiger partial charge in [0.2, 0.25) is 10.0 Å². The summed E-state index contributed by atoms with van der Waals surface area (Å²) in [6.45, 7) is 1.12. The summed E-state index contributed by atoms with van der Waals surface area (Å²) in [5.74, 6) is -4.73. The van der Waals surface area contributed by atoms with Gasteiger partial charge in [-0.3, -0.25) is 4.79 Å². The van der Waals surface area contributed by atoms with Crippen LogP contribution >= 0.6 is 0 Å². The van der Waals surface area contributed by atoms with E-state index in [1.165, 1.54) is 4.90 Å². The number of piperazine rings is 1. The number of hydrogen-bond donors (Lipinski definition) is 0. The van der Waals surface area contributed by atoms with Crippen LogP contribution in [0.5, 0.6) is 5.75 Å². The maximum absolute atomic E-state index is 14.0. The van der Waals surface area contributed by atoms with Crippen LogP contribution in [0.3, 0.4) is 0 Å². The van der Waals surface area contributed by atoms with Crippen molar-refractivity contribution in [1.29, 1.82) is 0 Å². The maximum Gasteiger partial charge on any atom is 0.253 e. The number of sulfonamides is 1. The molecule has 2 saturated heterocycles. The Morgan fingerprint density at radius 2 is 1.70 bits per heavy atom. The zero-order chi connectivity index (χ0) is 23.6. The van der Waals surface area contributed by atoms with Gasteiger partial charge >= 0.3 is 0 Å². The van der Waals surface area contributed by atoms with E-state index in [1.807, 2.05) is 0 Å². The molecule has 1 unspecified atom stereocenters. The van der Waals surface area contributed by atoms with Crippen LogP contribution in [0, 0.1) is 17.5 Å². The highest BCUT2D eigenvalue weighted by molar-refractivity contribution is 7.89. The number of nitrogens with zero attached hydrogens (tertiary/aromatic N) is 2. The second kappa shape index (κ2) is 9.70. The first-order valence-electron chi connectivity index (χ1n) is 10.5. The normalized spacial score (nSPS) is 19.6. The minimum atomic E-state index is -4.38. The van der Waals surface area contributed by atoms with Crippen molar-refractivity contribution in [1.82, 2.24) is 9.21 Å². The molecule has 7 nitrogen and oxygen atoms in total. The van der Waals surface area contributed by atoms with Crippen molar-refractivity contribution in [3.05, 3.63) is 59.4 Å². The Hall–Kier alpha value is -2.63. The smallest absolute Gasteiger partial charge is 0.253 e. The summed E-state index contributed by atoms with van der Waals surface area (Å²) in [5, 5.41) is 0. The number of benzene rings is 2. The summed E-state index contributed by atoms with van der Waals surface area (Å²) in [5.41, 5.74) is 0.419. The van der Waals surface area contributed by atoms with Crippen LogP contribution in [0.15, 0.2) is 41.3 Å². The van der Waals surface area contributed by atoms with Gasteiger partial charge in [0.05, 0.1) is 6.10 Å². The molecular weight excluding hydrogens is 461 g/mol. The van der Waals surface area contributed by atoms with Gasteiger partial charge in [0, 0.05) is 38.3 Å². The summed E-state index contributed by atoms with van der Waals surface area (Å²) in [6.07, 6.45) is 2.06. The van der Waals surface area contributed by atoms with Crippen LogP contribution in [-0.2, 0) is 14.8 Å². The van der Waals surface area contributed by atoms with E-state index in [0.717, 1.165) is 23.8 Å². The highest BCUT2D eigenvalue weighted by Gasteiger charge is 2.33. The van der Waals surface area contributed by atoms with E-state index >= 15 is 0 Å².